The zero-order valence-electron chi connectivity index (χ0n) is 11.6. The first-order chi connectivity index (χ1) is 9.02. The molecule has 0 aliphatic heterocycles. The second-order valence-electron chi connectivity index (χ2n) is 4.52. The largest absolute Gasteiger partial charge is 0.243 e. The highest BCUT2D eigenvalue weighted by Crippen LogP contribution is 2.27. The van der Waals surface area contributed by atoms with Crippen molar-refractivity contribution >= 4 is 20.8 Å². The van der Waals surface area contributed by atoms with Crippen LogP contribution in [0.25, 0.3) is 10.8 Å². The lowest BCUT2D eigenvalue weighted by Crippen LogP contribution is -2.30. The van der Waals surface area contributed by atoms with Crippen molar-refractivity contribution in [2.45, 2.75) is 25.7 Å². The second kappa shape index (κ2) is 5.31. The number of sulfonamides is 1. The van der Waals surface area contributed by atoms with Gasteiger partial charge in [0.1, 0.15) is 0 Å². The van der Waals surface area contributed by atoms with Crippen LogP contribution in [0, 0.1) is 6.92 Å². The van der Waals surface area contributed by atoms with Crippen LogP contribution in [0.2, 0.25) is 0 Å². The Bertz CT molecular complexity index is 688. The number of hydrogen-bond donors (Lipinski definition) is 0. The predicted molar refractivity (Wildman–Crippen MR) is 78.8 cm³/mol. The van der Waals surface area contributed by atoms with Crippen LogP contribution in [0.5, 0.6) is 0 Å². The summed E-state index contributed by atoms with van der Waals surface area (Å²) in [5, 5.41) is 1.80. The lowest BCUT2D eigenvalue weighted by atomic mass is 10.1. The summed E-state index contributed by atoms with van der Waals surface area (Å²) in [6.07, 6.45) is 0. The smallest absolute Gasteiger partial charge is 0.207 e. The van der Waals surface area contributed by atoms with Crippen LogP contribution in [0.1, 0.15) is 19.4 Å². The first kappa shape index (κ1) is 14.0. The van der Waals surface area contributed by atoms with E-state index in [0.717, 1.165) is 16.3 Å². The van der Waals surface area contributed by atoms with E-state index < -0.39 is 10.0 Å². The van der Waals surface area contributed by atoms with E-state index in [4.69, 9.17) is 0 Å². The minimum atomic E-state index is -3.41. The van der Waals surface area contributed by atoms with Crippen molar-refractivity contribution in [2.75, 3.05) is 13.1 Å². The standard InChI is InChI=1S/C15H19NO2S/c1-4-16(5-2)19(17,18)15-11-10-12(3)13-8-6-7-9-14(13)15/h6-11H,4-5H2,1-3H3. The second-order valence-corrected chi connectivity index (χ2v) is 6.42. The minimum absolute atomic E-state index is 0.400. The molecular formula is C15H19NO2S. The zero-order chi connectivity index (χ0) is 14.0. The van der Waals surface area contributed by atoms with Gasteiger partial charge >= 0.3 is 0 Å². The van der Waals surface area contributed by atoms with Gasteiger partial charge in [0, 0.05) is 18.5 Å². The third-order valence-corrected chi connectivity index (χ3v) is 5.53. The van der Waals surface area contributed by atoms with Gasteiger partial charge in [-0.3, -0.25) is 0 Å². The van der Waals surface area contributed by atoms with Gasteiger partial charge in [-0.05, 0) is 23.9 Å². The molecule has 0 spiro atoms. The average molecular weight is 277 g/mol. The van der Waals surface area contributed by atoms with Gasteiger partial charge in [-0.2, -0.15) is 4.31 Å². The number of benzene rings is 2. The number of rotatable bonds is 4. The van der Waals surface area contributed by atoms with Crippen LogP contribution >= 0.6 is 0 Å². The number of aryl methyl sites for hydroxylation is 1. The topological polar surface area (TPSA) is 37.4 Å². The average Bonchev–Trinajstić information content (AvgIpc) is 2.40. The van der Waals surface area contributed by atoms with E-state index in [0.29, 0.717) is 18.0 Å². The lowest BCUT2D eigenvalue weighted by Gasteiger charge is -2.20. The van der Waals surface area contributed by atoms with Crippen molar-refractivity contribution in [1.82, 2.24) is 4.31 Å². The Balaban J connectivity index is 2.74. The Morgan fingerprint density at radius 3 is 2.11 bits per heavy atom. The Morgan fingerprint density at radius 2 is 1.53 bits per heavy atom. The molecule has 0 aliphatic carbocycles. The van der Waals surface area contributed by atoms with Crippen molar-refractivity contribution in [1.29, 1.82) is 0 Å². The first-order valence-electron chi connectivity index (χ1n) is 6.50. The first-order valence-corrected chi connectivity index (χ1v) is 7.94. The number of fused-ring (bicyclic) bond motifs is 1. The summed E-state index contributed by atoms with van der Waals surface area (Å²) in [4.78, 5) is 0.400. The van der Waals surface area contributed by atoms with Gasteiger partial charge in [0.05, 0.1) is 4.90 Å². The van der Waals surface area contributed by atoms with Gasteiger partial charge in [-0.15, -0.1) is 0 Å². The quantitative estimate of drug-likeness (QED) is 0.860. The molecule has 0 aromatic heterocycles. The van der Waals surface area contributed by atoms with Gasteiger partial charge < -0.3 is 0 Å². The van der Waals surface area contributed by atoms with Crippen LogP contribution in [0.3, 0.4) is 0 Å². The van der Waals surface area contributed by atoms with Crippen molar-refractivity contribution in [3.8, 4) is 0 Å². The number of nitrogens with zero attached hydrogens (tertiary/aromatic N) is 1. The molecule has 2 aromatic rings. The molecule has 3 nitrogen and oxygen atoms in total. The van der Waals surface area contributed by atoms with Crippen molar-refractivity contribution in [3.05, 3.63) is 42.0 Å². The molecule has 0 bridgehead atoms. The monoisotopic (exact) mass is 277 g/mol. The van der Waals surface area contributed by atoms with Gasteiger partial charge in [0.15, 0.2) is 0 Å². The lowest BCUT2D eigenvalue weighted by molar-refractivity contribution is 0.446. The fourth-order valence-electron chi connectivity index (χ4n) is 2.35. The maximum absolute atomic E-state index is 12.6. The Labute approximate surface area is 114 Å². The van der Waals surface area contributed by atoms with Gasteiger partial charge in [0.2, 0.25) is 10.0 Å². The summed E-state index contributed by atoms with van der Waals surface area (Å²) >= 11 is 0. The van der Waals surface area contributed by atoms with E-state index in [1.165, 1.54) is 4.31 Å². The molecular weight excluding hydrogens is 258 g/mol. The van der Waals surface area contributed by atoms with Crippen molar-refractivity contribution in [3.63, 3.8) is 0 Å². The van der Waals surface area contributed by atoms with Crippen LogP contribution in [0.4, 0.5) is 0 Å². The highest BCUT2D eigenvalue weighted by Gasteiger charge is 2.23. The van der Waals surface area contributed by atoms with E-state index in [-0.39, 0.29) is 0 Å². The molecule has 0 heterocycles. The summed E-state index contributed by atoms with van der Waals surface area (Å²) in [5.41, 5.74) is 1.09. The number of hydrogen-bond acceptors (Lipinski definition) is 2. The molecule has 2 rings (SSSR count). The molecule has 0 radical (unpaired) electrons. The Morgan fingerprint density at radius 1 is 0.947 bits per heavy atom. The van der Waals surface area contributed by atoms with Crippen molar-refractivity contribution in [2.24, 2.45) is 0 Å². The molecule has 19 heavy (non-hydrogen) atoms. The van der Waals surface area contributed by atoms with Gasteiger partial charge in [0.25, 0.3) is 0 Å². The van der Waals surface area contributed by atoms with E-state index in [1.54, 1.807) is 6.07 Å². The van der Waals surface area contributed by atoms with Crippen LogP contribution in [-0.2, 0) is 10.0 Å². The molecule has 0 saturated carbocycles. The molecule has 0 N–H and O–H groups in total. The van der Waals surface area contributed by atoms with E-state index in [2.05, 4.69) is 0 Å². The van der Waals surface area contributed by atoms with E-state index in [1.807, 2.05) is 51.1 Å². The SMILES string of the molecule is CCN(CC)S(=O)(=O)c1ccc(C)c2ccccc12. The van der Waals surface area contributed by atoms with Crippen molar-refractivity contribution < 1.29 is 8.42 Å². The highest BCUT2D eigenvalue weighted by atomic mass is 32.2. The Hall–Kier alpha value is -1.39. The zero-order valence-corrected chi connectivity index (χ0v) is 12.4. The van der Waals surface area contributed by atoms with Gasteiger partial charge in [-0.25, -0.2) is 8.42 Å². The fraction of sp³-hybridized carbons (Fsp3) is 0.333. The minimum Gasteiger partial charge on any atom is -0.207 e. The molecule has 0 aliphatic rings. The molecule has 102 valence electrons. The van der Waals surface area contributed by atoms with Crippen LogP contribution < -0.4 is 0 Å². The predicted octanol–water partition coefficient (Wildman–Crippen LogP) is 3.18. The molecule has 2 aromatic carbocycles. The molecule has 4 heteroatoms. The Kier molecular flexibility index (Phi) is 3.92. The molecule has 0 amide bonds. The molecule has 0 unspecified atom stereocenters. The van der Waals surface area contributed by atoms with Crippen LogP contribution in [-0.4, -0.2) is 25.8 Å². The van der Waals surface area contributed by atoms with Crippen LogP contribution in [0.15, 0.2) is 41.3 Å². The van der Waals surface area contributed by atoms with E-state index in [9.17, 15) is 8.42 Å². The summed E-state index contributed by atoms with van der Waals surface area (Å²) in [6, 6.07) is 11.2. The fourth-order valence-corrected chi connectivity index (χ4v) is 4.00. The molecule has 0 atom stereocenters. The maximum atomic E-state index is 12.6. The third-order valence-electron chi connectivity index (χ3n) is 3.43. The highest BCUT2D eigenvalue weighted by molar-refractivity contribution is 7.89. The molecule has 0 fully saturated rings. The summed E-state index contributed by atoms with van der Waals surface area (Å²) in [7, 11) is -3.41. The maximum Gasteiger partial charge on any atom is 0.243 e. The summed E-state index contributed by atoms with van der Waals surface area (Å²) < 4.78 is 26.8. The summed E-state index contributed by atoms with van der Waals surface area (Å²) in [6.45, 7) is 6.69. The molecule has 0 saturated heterocycles. The summed E-state index contributed by atoms with van der Waals surface area (Å²) in [5.74, 6) is 0. The van der Waals surface area contributed by atoms with Gasteiger partial charge in [-0.1, -0.05) is 44.2 Å². The van der Waals surface area contributed by atoms with E-state index >= 15 is 0 Å². The third kappa shape index (κ3) is 2.38. The normalized spacial score (nSPS) is 12.2.